The van der Waals surface area contributed by atoms with Crippen LogP contribution in [0.25, 0.3) is 0 Å². The van der Waals surface area contributed by atoms with Gasteiger partial charge in [-0.25, -0.2) is 4.39 Å². The van der Waals surface area contributed by atoms with Gasteiger partial charge in [-0.1, -0.05) is 12.1 Å². The highest BCUT2D eigenvalue weighted by Crippen LogP contribution is 2.47. The second-order valence-electron chi connectivity index (χ2n) is 6.07. The summed E-state index contributed by atoms with van der Waals surface area (Å²) in [4.78, 5) is 24.9. The Morgan fingerprint density at radius 1 is 1.04 bits per heavy atom. The number of halogens is 1. The quantitative estimate of drug-likeness (QED) is 0.793. The molecule has 0 radical (unpaired) electrons. The average Bonchev–Trinajstić information content (AvgIpc) is 3.44. The number of benzene rings is 2. The van der Waals surface area contributed by atoms with Crippen molar-refractivity contribution in [1.82, 2.24) is 5.32 Å². The summed E-state index contributed by atoms with van der Waals surface area (Å²) in [5.74, 6) is -0.249. The van der Waals surface area contributed by atoms with Crippen molar-refractivity contribution in [2.45, 2.75) is 19.4 Å². The highest BCUT2D eigenvalue weighted by Gasteiger charge is 2.56. The summed E-state index contributed by atoms with van der Waals surface area (Å²) in [5.41, 5.74) is 0.379. The highest BCUT2D eigenvalue weighted by molar-refractivity contribution is 6.13. The molecular formula is C19H19FN2O3. The Kier molecular flexibility index (Phi) is 4.70. The summed E-state index contributed by atoms with van der Waals surface area (Å²) in [7, 11) is 1.57. The lowest BCUT2D eigenvalue weighted by molar-refractivity contribution is -0.134. The van der Waals surface area contributed by atoms with E-state index in [4.69, 9.17) is 4.74 Å². The molecule has 2 amide bonds. The molecule has 3 rings (SSSR count). The van der Waals surface area contributed by atoms with Gasteiger partial charge in [-0.05, 0) is 54.8 Å². The third-order valence-electron chi connectivity index (χ3n) is 4.33. The summed E-state index contributed by atoms with van der Waals surface area (Å²) >= 11 is 0. The van der Waals surface area contributed by atoms with E-state index in [1.54, 1.807) is 43.5 Å². The first kappa shape index (κ1) is 17.0. The van der Waals surface area contributed by atoms with Gasteiger partial charge in [0, 0.05) is 12.2 Å². The van der Waals surface area contributed by atoms with E-state index in [0.29, 0.717) is 24.3 Å². The van der Waals surface area contributed by atoms with Crippen molar-refractivity contribution in [3.63, 3.8) is 0 Å². The lowest BCUT2D eigenvalue weighted by atomic mass is 10.0. The molecule has 2 aromatic rings. The van der Waals surface area contributed by atoms with E-state index in [1.807, 2.05) is 0 Å². The van der Waals surface area contributed by atoms with Crippen LogP contribution in [0.2, 0.25) is 0 Å². The molecule has 5 nitrogen and oxygen atoms in total. The second kappa shape index (κ2) is 6.93. The van der Waals surface area contributed by atoms with Gasteiger partial charge in [0.1, 0.15) is 17.0 Å². The third kappa shape index (κ3) is 3.79. The van der Waals surface area contributed by atoms with Crippen molar-refractivity contribution < 1.29 is 18.7 Å². The van der Waals surface area contributed by atoms with E-state index in [0.717, 1.165) is 5.56 Å². The van der Waals surface area contributed by atoms with Crippen LogP contribution in [-0.2, 0) is 16.1 Å². The third-order valence-corrected chi connectivity index (χ3v) is 4.33. The Morgan fingerprint density at radius 3 is 2.24 bits per heavy atom. The Hall–Kier alpha value is -2.89. The number of amides is 2. The summed E-state index contributed by atoms with van der Waals surface area (Å²) < 4.78 is 18.0. The van der Waals surface area contributed by atoms with E-state index >= 15 is 0 Å². The first-order chi connectivity index (χ1) is 12.0. The van der Waals surface area contributed by atoms with Crippen LogP contribution < -0.4 is 15.4 Å². The van der Waals surface area contributed by atoms with Crippen molar-refractivity contribution in [3.05, 3.63) is 59.9 Å². The lowest BCUT2D eigenvalue weighted by Gasteiger charge is -2.15. The highest BCUT2D eigenvalue weighted by atomic mass is 19.1. The van der Waals surface area contributed by atoms with Crippen molar-refractivity contribution in [1.29, 1.82) is 0 Å². The van der Waals surface area contributed by atoms with Crippen molar-refractivity contribution >= 4 is 17.5 Å². The molecular weight excluding hydrogens is 323 g/mol. The Labute approximate surface area is 145 Å². The molecule has 0 saturated heterocycles. The monoisotopic (exact) mass is 342 g/mol. The molecule has 1 saturated carbocycles. The Balaban J connectivity index is 1.59. The summed E-state index contributed by atoms with van der Waals surface area (Å²) in [6.07, 6.45) is 1.04. The van der Waals surface area contributed by atoms with Gasteiger partial charge < -0.3 is 15.4 Å². The SMILES string of the molecule is COc1ccc(NC(=O)C2(C(=O)NCc3ccc(F)cc3)CC2)cc1. The smallest absolute Gasteiger partial charge is 0.240 e. The minimum Gasteiger partial charge on any atom is -0.497 e. The number of nitrogens with one attached hydrogen (secondary N) is 2. The summed E-state index contributed by atoms with van der Waals surface area (Å²) in [6, 6.07) is 12.8. The van der Waals surface area contributed by atoms with Crippen molar-refractivity contribution in [3.8, 4) is 5.75 Å². The van der Waals surface area contributed by atoms with Crippen LogP contribution >= 0.6 is 0 Å². The molecule has 0 unspecified atom stereocenters. The maximum atomic E-state index is 12.9. The maximum absolute atomic E-state index is 12.9. The molecule has 0 aliphatic heterocycles. The van der Waals surface area contributed by atoms with Crippen molar-refractivity contribution in [2.75, 3.05) is 12.4 Å². The standard InChI is InChI=1S/C19H19FN2O3/c1-25-16-8-6-15(7-9-16)22-18(24)19(10-11-19)17(23)21-12-13-2-4-14(20)5-3-13/h2-9H,10-12H2,1H3,(H,21,23)(H,22,24). The zero-order valence-electron chi connectivity index (χ0n) is 13.8. The van der Waals surface area contributed by atoms with Gasteiger partial charge in [0.2, 0.25) is 11.8 Å². The van der Waals surface area contributed by atoms with Gasteiger partial charge >= 0.3 is 0 Å². The van der Waals surface area contributed by atoms with Gasteiger partial charge in [0.05, 0.1) is 7.11 Å². The first-order valence-corrected chi connectivity index (χ1v) is 8.02. The van der Waals surface area contributed by atoms with Crippen LogP contribution in [0, 0.1) is 11.2 Å². The largest absolute Gasteiger partial charge is 0.497 e. The van der Waals surface area contributed by atoms with Crippen LogP contribution in [-0.4, -0.2) is 18.9 Å². The molecule has 0 heterocycles. The summed E-state index contributed by atoms with van der Waals surface area (Å²) in [6.45, 7) is 0.261. The molecule has 25 heavy (non-hydrogen) atoms. The predicted octanol–water partition coefficient (Wildman–Crippen LogP) is 2.87. The fourth-order valence-electron chi connectivity index (χ4n) is 2.56. The number of methoxy groups -OCH3 is 1. The van der Waals surface area contributed by atoms with Gasteiger partial charge in [0.15, 0.2) is 0 Å². The molecule has 0 spiro atoms. The van der Waals surface area contributed by atoms with Gasteiger partial charge in [0.25, 0.3) is 0 Å². The van der Waals surface area contributed by atoms with E-state index in [2.05, 4.69) is 10.6 Å². The normalized spacial score (nSPS) is 14.5. The average molecular weight is 342 g/mol. The van der Waals surface area contributed by atoms with E-state index < -0.39 is 5.41 Å². The summed E-state index contributed by atoms with van der Waals surface area (Å²) in [5, 5.41) is 5.54. The lowest BCUT2D eigenvalue weighted by Crippen LogP contribution is -2.39. The maximum Gasteiger partial charge on any atom is 0.240 e. The molecule has 2 aromatic carbocycles. The van der Waals surface area contributed by atoms with Crippen LogP contribution in [0.1, 0.15) is 18.4 Å². The molecule has 0 aromatic heterocycles. The van der Waals surface area contributed by atoms with Crippen LogP contribution in [0.3, 0.4) is 0 Å². The van der Waals surface area contributed by atoms with Gasteiger partial charge in [-0.15, -0.1) is 0 Å². The number of carbonyl (C=O) groups excluding carboxylic acids is 2. The number of anilines is 1. The van der Waals surface area contributed by atoms with E-state index in [1.165, 1.54) is 12.1 Å². The Morgan fingerprint density at radius 2 is 1.68 bits per heavy atom. The molecule has 0 bridgehead atoms. The minimum atomic E-state index is -1.01. The molecule has 1 aliphatic carbocycles. The zero-order chi connectivity index (χ0) is 17.9. The van der Waals surface area contributed by atoms with Crippen LogP contribution in [0.15, 0.2) is 48.5 Å². The minimum absolute atomic E-state index is 0.261. The van der Waals surface area contributed by atoms with Gasteiger partial charge in [-0.3, -0.25) is 9.59 Å². The fourth-order valence-corrected chi connectivity index (χ4v) is 2.56. The fraction of sp³-hybridized carbons (Fsp3) is 0.263. The molecule has 0 atom stereocenters. The number of hydrogen-bond donors (Lipinski definition) is 2. The van der Waals surface area contributed by atoms with Gasteiger partial charge in [-0.2, -0.15) is 0 Å². The molecule has 130 valence electrons. The molecule has 1 aliphatic rings. The number of carbonyl (C=O) groups is 2. The van der Waals surface area contributed by atoms with Crippen molar-refractivity contribution in [2.24, 2.45) is 5.41 Å². The zero-order valence-corrected chi connectivity index (χ0v) is 13.8. The van der Waals surface area contributed by atoms with Crippen LogP contribution in [0.5, 0.6) is 5.75 Å². The molecule has 6 heteroatoms. The second-order valence-corrected chi connectivity index (χ2v) is 6.07. The number of hydrogen-bond acceptors (Lipinski definition) is 3. The van der Waals surface area contributed by atoms with Crippen LogP contribution in [0.4, 0.5) is 10.1 Å². The number of ether oxygens (including phenoxy) is 1. The van der Waals surface area contributed by atoms with E-state index in [9.17, 15) is 14.0 Å². The first-order valence-electron chi connectivity index (χ1n) is 8.02. The number of rotatable bonds is 6. The molecule has 2 N–H and O–H groups in total. The predicted molar refractivity (Wildman–Crippen MR) is 91.5 cm³/mol. The topological polar surface area (TPSA) is 67.4 Å². The van der Waals surface area contributed by atoms with E-state index in [-0.39, 0.29) is 24.2 Å². The molecule has 1 fully saturated rings. The Bertz CT molecular complexity index is 768.